The maximum atomic E-state index is 11.9. The van der Waals surface area contributed by atoms with E-state index in [-0.39, 0.29) is 0 Å². The standard InChI is InChI=1S/C21H24N2O3/c1-4-23-19-10-14(2)8-9-17(19)18(20(23)21(24)25)13-22-12-15-6-5-7-16(11-15)26-3/h5-11,22H,4,12-13H2,1-3H3,(H,24,25). The van der Waals surface area contributed by atoms with E-state index in [1.165, 1.54) is 0 Å². The second-order valence-corrected chi connectivity index (χ2v) is 6.35. The Morgan fingerprint density at radius 3 is 2.69 bits per heavy atom. The summed E-state index contributed by atoms with van der Waals surface area (Å²) in [6.45, 7) is 5.75. The Kier molecular flexibility index (Phi) is 5.28. The van der Waals surface area contributed by atoms with E-state index in [1.54, 1.807) is 7.11 Å². The number of hydrogen-bond donors (Lipinski definition) is 2. The number of benzene rings is 2. The van der Waals surface area contributed by atoms with E-state index in [0.29, 0.717) is 25.3 Å². The summed E-state index contributed by atoms with van der Waals surface area (Å²) >= 11 is 0. The molecule has 1 heterocycles. The molecule has 0 aliphatic heterocycles. The maximum Gasteiger partial charge on any atom is 0.352 e. The smallest absolute Gasteiger partial charge is 0.352 e. The van der Waals surface area contributed by atoms with Crippen molar-refractivity contribution in [2.24, 2.45) is 0 Å². The lowest BCUT2D eigenvalue weighted by Gasteiger charge is -2.08. The van der Waals surface area contributed by atoms with Crippen LogP contribution in [0.5, 0.6) is 5.75 Å². The third-order valence-electron chi connectivity index (χ3n) is 4.61. The fourth-order valence-corrected chi connectivity index (χ4v) is 3.40. The second kappa shape index (κ2) is 7.62. The Bertz CT molecular complexity index is 944. The van der Waals surface area contributed by atoms with E-state index in [0.717, 1.165) is 33.3 Å². The lowest BCUT2D eigenvalue weighted by molar-refractivity contribution is 0.0684. The number of methoxy groups -OCH3 is 1. The largest absolute Gasteiger partial charge is 0.497 e. The molecular formula is C21H24N2O3. The SMILES string of the molecule is CCn1c(C(=O)O)c(CNCc2cccc(OC)c2)c2ccc(C)cc21. The Morgan fingerprint density at radius 1 is 1.19 bits per heavy atom. The number of ether oxygens (including phenoxy) is 1. The molecule has 2 aromatic carbocycles. The van der Waals surface area contributed by atoms with Gasteiger partial charge in [0.15, 0.2) is 0 Å². The van der Waals surface area contributed by atoms with Crippen LogP contribution in [0.15, 0.2) is 42.5 Å². The second-order valence-electron chi connectivity index (χ2n) is 6.35. The molecule has 2 N–H and O–H groups in total. The molecule has 0 aliphatic carbocycles. The first kappa shape index (κ1) is 18.0. The van der Waals surface area contributed by atoms with E-state index in [2.05, 4.69) is 11.4 Å². The zero-order chi connectivity index (χ0) is 18.7. The summed E-state index contributed by atoms with van der Waals surface area (Å²) < 4.78 is 7.13. The molecule has 136 valence electrons. The number of nitrogens with zero attached hydrogens (tertiary/aromatic N) is 1. The lowest BCUT2D eigenvalue weighted by atomic mass is 10.1. The first-order valence-corrected chi connectivity index (χ1v) is 8.73. The summed E-state index contributed by atoms with van der Waals surface area (Å²) in [5, 5.41) is 14.1. The fraction of sp³-hybridized carbons (Fsp3) is 0.286. The number of carbonyl (C=O) groups is 1. The molecular weight excluding hydrogens is 328 g/mol. The van der Waals surface area contributed by atoms with E-state index >= 15 is 0 Å². The van der Waals surface area contributed by atoms with Gasteiger partial charge in [0.2, 0.25) is 0 Å². The summed E-state index contributed by atoms with van der Waals surface area (Å²) in [5.41, 5.74) is 4.39. The van der Waals surface area contributed by atoms with Gasteiger partial charge in [0.05, 0.1) is 7.11 Å². The van der Waals surface area contributed by atoms with Crippen LogP contribution in [0, 0.1) is 6.92 Å². The van der Waals surface area contributed by atoms with Crippen LogP contribution in [-0.4, -0.2) is 22.8 Å². The highest BCUT2D eigenvalue weighted by atomic mass is 16.5. The molecule has 0 amide bonds. The molecule has 0 spiro atoms. The summed E-state index contributed by atoms with van der Waals surface area (Å²) in [6, 6.07) is 14.0. The van der Waals surface area contributed by atoms with Gasteiger partial charge >= 0.3 is 5.97 Å². The van der Waals surface area contributed by atoms with Gasteiger partial charge in [0, 0.05) is 36.1 Å². The predicted molar refractivity (Wildman–Crippen MR) is 103 cm³/mol. The molecule has 0 saturated heterocycles. The van der Waals surface area contributed by atoms with Crippen LogP contribution >= 0.6 is 0 Å². The molecule has 0 fully saturated rings. The predicted octanol–water partition coefficient (Wildman–Crippen LogP) is 3.97. The van der Waals surface area contributed by atoms with Crippen molar-refractivity contribution < 1.29 is 14.6 Å². The Hall–Kier alpha value is -2.79. The van der Waals surface area contributed by atoms with Crippen LogP contribution in [-0.2, 0) is 19.6 Å². The number of fused-ring (bicyclic) bond motifs is 1. The minimum Gasteiger partial charge on any atom is -0.497 e. The Labute approximate surface area is 153 Å². The summed E-state index contributed by atoms with van der Waals surface area (Å²) in [4.78, 5) is 11.9. The number of rotatable bonds is 7. The van der Waals surface area contributed by atoms with Crippen molar-refractivity contribution in [1.29, 1.82) is 0 Å². The first-order chi connectivity index (χ1) is 12.5. The monoisotopic (exact) mass is 352 g/mol. The molecule has 0 atom stereocenters. The molecule has 5 heteroatoms. The number of hydrogen-bond acceptors (Lipinski definition) is 3. The van der Waals surface area contributed by atoms with Crippen LogP contribution in [0.3, 0.4) is 0 Å². The molecule has 5 nitrogen and oxygen atoms in total. The molecule has 0 radical (unpaired) electrons. The Morgan fingerprint density at radius 2 is 2.00 bits per heavy atom. The zero-order valence-corrected chi connectivity index (χ0v) is 15.4. The molecule has 1 aromatic heterocycles. The van der Waals surface area contributed by atoms with Crippen LogP contribution in [0.25, 0.3) is 10.9 Å². The quantitative estimate of drug-likeness (QED) is 0.675. The molecule has 3 rings (SSSR count). The highest BCUT2D eigenvalue weighted by molar-refractivity contribution is 5.98. The van der Waals surface area contributed by atoms with Crippen molar-refractivity contribution in [3.05, 3.63) is 64.8 Å². The van der Waals surface area contributed by atoms with Crippen molar-refractivity contribution in [2.75, 3.05) is 7.11 Å². The van der Waals surface area contributed by atoms with Gasteiger partial charge in [-0.15, -0.1) is 0 Å². The highest BCUT2D eigenvalue weighted by Gasteiger charge is 2.21. The van der Waals surface area contributed by atoms with Crippen molar-refractivity contribution in [2.45, 2.75) is 33.5 Å². The number of carboxylic acid groups (broad SMARTS) is 1. The third kappa shape index (κ3) is 3.44. The zero-order valence-electron chi connectivity index (χ0n) is 15.4. The number of nitrogens with one attached hydrogen (secondary N) is 1. The third-order valence-corrected chi connectivity index (χ3v) is 4.61. The molecule has 0 unspecified atom stereocenters. The summed E-state index contributed by atoms with van der Waals surface area (Å²) in [7, 11) is 1.65. The first-order valence-electron chi connectivity index (χ1n) is 8.73. The van der Waals surface area contributed by atoms with Crippen molar-refractivity contribution in [3.63, 3.8) is 0 Å². The van der Waals surface area contributed by atoms with Gasteiger partial charge in [-0.2, -0.15) is 0 Å². The summed E-state index contributed by atoms with van der Waals surface area (Å²) in [6.07, 6.45) is 0. The normalized spacial score (nSPS) is 11.0. The van der Waals surface area contributed by atoms with Gasteiger partial charge in [-0.1, -0.05) is 24.3 Å². The van der Waals surface area contributed by atoms with Gasteiger partial charge in [-0.05, 0) is 43.2 Å². The molecule has 0 saturated carbocycles. The van der Waals surface area contributed by atoms with E-state index in [9.17, 15) is 9.90 Å². The number of carboxylic acids is 1. The molecule has 26 heavy (non-hydrogen) atoms. The van der Waals surface area contributed by atoms with E-state index in [1.807, 2.05) is 54.8 Å². The minimum atomic E-state index is -0.890. The van der Waals surface area contributed by atoms with Gasteiger partial charge in [-0.25, -0.2) is 4.79 Å². The van der Waals surface area contributed by atoms with Crippen molar-refractivity contribution in [1.82, 2.24) is 9.88 Å². The number of aromatic nitrogens is 1. The average Bonchev–Trinajstić information content (AvgIpc) is 2.95. The average molecular weight is 352 g/mol. The van der Waals surface area contributed by atoms with Gasteiger partial charge in [-0.3, -0.25) is 0 Å². The summed E-state index contributed by atoms with van der Waals surface area (Å²) in [5.74, 6) is -0.0764. The van der Waals surface area contributed by atoms with Gasteiger partial charge in [0.25, 0.3) is 0 Å². The Balaban J connectivity index is 1.91. The topological polar surface area (TPSA) is 63.5 Å². The maximum absolute atomic E-state index is 11.9. The number of aromatic carboxylic acids is 1. The van der Waals surface area contributed by atoms with Crippen molar-refractivity contribution >= 4 is 16.9 Å². The highest BCUT2D eigenvalue weighted by Crippen LogP contribution is 2.27. The lowest BCUT2D eigenvalue weighted by Crippen LogP contribution is -2.16. The van der Waals surface area contributed by atoms with Gasteiger partial charge in [0.1, 0.15) is 11.4 Å². The molecule has 0 aliphatic rings. The van der Waals surface area contributed by atoms with Crippen LogP contribution < -0.4 is 10.1 Å². The van der Waals surface area contributed by atoms with Gasteiger partial charge < -0.3 is 19.7 Å². The molecule has 0 bridgehead atoms. The minimum absolute atomic E-state index is 0.367. The van der Waals surface area contributed by atoms with Crippen LogP contribution in [0.4, 0.5) is 0 Å². The number of aryl methyl sites for hydroxylation is 2. The van der Waals surface area contributed by atoms with Crippen molar-refractivity contribution in [3.8, 4) is 5.75 Å². The fourth-order valence-electron chi connectivity index (χ4n) is 3.40. The molecule has 3 aromatic rings. The van der Waals surface area contributed by atoms with E-state index in [4.69, 9.17) is 4.74 Å². The van der Waals surface area contributed by atoms with E-state index < -0.39 is 5.97 Å². The van der Waals surface area contributed by atoms with Crippen LogP contribution in [0.1, 0.15) is 34.1 Å². The van der Waals surface area contributed by atoms with Crippen LogP contribution in [0.2, 0.25) is 0 Å².